The number of fused-ring (bicyclic) bond motifs is 1. The van der Waals surface area contributed by atoms with E-state index in [1.807, 2.05) is 13.8 Å². The van der Waals surface area contributed by atoms with Crippen molar-refractivity contribution in [2.45, 2.75) is 25.7 Å². The van der Waals surface area contributed by atoms with Crippen LogP contribution in [0.4, 0.5) is 5.69 Å². The molecule has 0 atom stereocenters. The summed E-state index contributed by atoms with van der Waals surface area (Å²) in [6.45, 7) is 5.33. The summed E-state index contributed by atoms with van der Waals surface area (Å²) in [6.07, 6.45) is 0. The van der Waals surface area contributed by atoms with Gasteiger partial charge >= 0.3 is 5.97 Å². The quantitative estimate of drug-likeness (QED) is 0.368. The highest BCUT2D eigenvalue weighted by molar-refractivity contribution is 7.93. The van der Waals surface area contributed by atoms with Crippen molar-refractivity contribution < 1.29 is 27.2 Å². The van der Waals surface area contributed by atoms with Crippen LogP contribution in [0.5, 0.6) is 0 Å². The molecule has 4 aromatic rings. The molecule has 1 heterocycles. The molecular weight excluding hydrogens is 454 g/mol. The van der Waals surface area contributed by atoms with Crippen LogP contribution in [0.3, 0.4) is 0 Å². The Bertz CT molecular complexity index is 1500. The molecule has 0 bridgehead atoms. The highest BCUT2D eigenvalue weighted by Crippen LogP contribution is 2.33. The molecule has 0 aliphatic heterocycles. The Labute approximate surface area is 197 Å². The average Bonchev–Trinajstić information content (AvgIpc) is 3.14. The molecule has 0 unspecified atom stereocenters. The Kier molecular flexibility index (Phi) is 6.01. The van der Waals surface area contributed by atoms with Gasteiger partial charge in [0.05, 0.1) is 17.7 Å². The van der Waals surface area contributed by atoms with Crippen molar-refractivity contribution in [3.8, 4) is 0 Å². The lowest BCUT2D eigenvalue weighted by atomic mass is 10.1. The number of methoxy groups -OCH3 is 1. The van der Waals surface area contributed by atoms with Gasteiger partial charge in [0.2, 0.25) is 0 Å². The van der Waals surface area contributed by atoms with Crippen LogP contribution in [0.25, 0.3) is 11.0 Å². The smallest absolute Gasteiger partial charge is 0.342 e. The van der Waals surface area contributed by atoms with Gasteiger partial charge in [-0.25, -0.2) is 13.2 Å². The number of furan rings is 1. The van der Waals surface area contributed by atoms with Crippen LogP contribution in [0.15, 0.2) is 76.0 Å². The van der Waals surface area contributed by atoms with Crippen LogP contribution in [-0.2, 0) is 14.8 Å². The number of amides is 1. The van der Waals surface area contributed by atoms with Crippen molar-refractivity contribution in [2.24, 2.45) is 0 Å². The first-order chi connectivity index (χ1) is 16.1. The number of rotatable bonds is 5. The van der Waals surface area contributed by atoms with Gasteiger partial charge in [-0.15, -0.1) is 0 Å². The average molecular weight is 478 g/mol. The van der Waals surface area contributed by atoms with E-state index < -0.39 is 21.9 Å². The summed E-state index contributed by atoms with van der Waals surface area (Å²) < 4.78 is 38.7. The van der Waals surface area contributed by atoms with Gasteiger partial charge < -0.3 is 9.15 Å². The molecule has 0 radical (unpaired) electrons. The number of ether oxygens (including phenoxy) is 1. The number of sulfonamides is 1. The number of anilines is 1. The van der Waals surface area contributed by atoms with Gasteiger partial charge in [-0.1, -0.05) is 35.4 Å². The van der Waals surface area contributed by atoms with E-state index in [2.05, 4.69) is 0 Å². The van der Waals surface area contributed by atoms with Crippen molar-refractivity contribution in [2.75, 3.05) is 11.4 Å². The molecule has 0 N–H and O–H groups in total. The van der Waals surface area contributed by atoms with Crippen LogP contribution in [0, 0.1) is 20.8 Å². The summed E-state index contributed by atoms with van der Waals surface area (Å²) >= 11 is 0. The zero-order valence-electron chi connectivity index (χ0n) is 19.2. The third kappa shape index (κ3) is 4.08. The minimum absolute atomic E-state index is 0.0322. The maximum atomic E-state index is 13.7. The van der Waals surface area contributed by atoms with Crippen molar-refractivity contribution in [1.29, 1.82) is 0 Å². The van der Waals surface area contributed by atoms with Gasteiger partial charge in [0, 0.05) is 10.9 Å². The molecule has 7 nitrogen and oxygen atoms in total. The van der Waals surface area contributed by atoms with E-state index in [0.717, 1.165) is 15.4 Å². The summed E-state index contributed by atoms with van der Waals surface area (Å²) in [5.41, 5.74) is 2.64. The molecule has 0 saturated carbocycles. The second kappa shape index (κ2) is 8.79. The monoisotopic (exact) mass is 477 g/mol. The Morgan fingerprint density at radius 1 is 0.853 bits per heavy atom. The molecule has 0 aliphatic rings. The predicted octanol–water partition coefficient (Wildman–Crippen LogP) is 5.18. The van der Waals surface area contributed by atoms with Crippen LogP contribution < -0.4 is 4.31 Å². The topological polar surface area (TPSA) is 93.9 Å². The summed E-state index contributed by atoms with van der Waals surface area (Å²) in [5.74, 6) is -1.01. The summed E-state index contributed by atoms with van der Waals surface area (Å²) in [4.78, 5) is 25.9. The number of hydrogen-bond acceptors (Lipinski definition) is 6. The number of nitrogens with zero attached hydrogens (tertiary/aromatic N) is 1. The number of benzene rings is 3. The number of hydrogen-bond donors (Lipinski definition) is 0. The Morgan fingerprint density at radius 2 is 1.44 bits per heavy atom. The molecule has 0 fully saturated rings. The van der Waals surface area contributed by atoms with Gasteiger partial charge in [-0.3, -0.25) is 4.79 Å². The molecule has 1 aromatic heterocycles. The fourth-order valence-corrected chi connectivity index (χ4v) is 5.09. The van der Waals surface area contributed by atoms with E-state index >= 15 is 0 Å². The molecule has 0 saturated heterocycles. The summed E-state index contributed by atoms with van der Waals surface area (Å²) in [5, 5.41) is 0.350. The largest absolute Gasteiger partial charge is 0.465 e. The highest BCUT2D eigenvalue weighted by atomic mass is 32.2. The third-order valence-electron chi connectivity index (χ3n) is 5.51. The van der Waals surface area contributed by atoms with Gasteiger partial charge in [-0.05, 0) is 63.2 Å². The fourth-order valence-electron chi connectivity index (χ4n) is 3.68. The van der Waals surface area contributed by atoms with E-state index in [4.69, 9.17) is 9.15 Å². The van der Waals surface area contributed by atoms with Crippen LogP contribution >= 0.6 is 0 Å². The normalized spacial score (nSPS) is 11.4. The van der Waals surface area contributed by atoms with Crippen molar-refractivity contribution in [3.63, 3.8) is 0 Å². The molecule has 174 valence electrons. The summed E-state index contributed by atoms with van der Waals surface area (Å²) in [6, 6.07) is 17.3. The fraction of sp³-hybridized carbons (Fsp3) is 0.154. The van der Waals surface area contributed by atoms with Gasteiger partial charge in [0.25, 0.3) is 15.9 Å². The lowest BCUT2D eigenvalue weighted by molar-refractivity contribution is 0.0600. The van der Waals surface area contributed by atoms with E-state index in [9.17, 15) is 18.0 Å². The van der Waals surface area contributed by atoms with Crippen molar-refractivity contribution in [3.05, 3.63) is 94.7 Å². The molecular formula is C26H23NO6S. The Balaban J connectivity index is 1.95. The highest BCUT2D eigenvalue weighted by Gasteiger charge is 2.33. The second-order valence-corrected chi connectivity index (χ2v) is 9.75. The van der Waals surface area contributed by atoms with Gasteiger partial charge in [-0.2, -0.15) is 4.31 Å². The van der Waals surface area contributed by atoms with E-state index in [1.165, 1.54) is 37.4 Å². The minimum Gasteiger partial charge on any atom is -0.465 e. The van der Waals surface area contributed by atoms with Crippen LogP contribution in [-0.4, -0.2) is 27.4 Å². The lowest BCUT2D eigenvalue weighted by Gasteiger charge is -2.23. The molecule has 4 rings (SSSR count). The Morgan fingerprint density at radius 3 is 2.03 bits per heavy atom. The first-order valence-electron chi connectivity index (χ1n) is 10.5. The third-order valence-corrected chi connectivity index (χ3v) is 7.24. The van der Waals surface area contributed by atoms with Gasteiger partial charge in [0.1, 0.15) is 16.9 Å². The molecule has 0 aliphatic carbocycles. The zero-order chi connectivity index (χ0) is 24.6. The number of esters is 1. The molecule has 8 heteroatoms. The minimum atomic E-state index is -4.29. The van der Waals surface area contributed by atoms with Crippen LogP contribution in [0.2, 0.25) is 0 Å². The second-order valence-electron chi connectivity index (χ2n) is 7.96. The SMILES string of the molecule is COC(=O)c1c(C)oc2ccc(N(C(=O)c3ccc(C)cc3)S(=O)(=O)c3ccc(C)cc3)cc12. The van der Waals surface area contributed by atoms with Gasteiger partial charge in [0.15, 0.2) is 0 Å². The molecule has 1 amide bonds. The standard InChI is InChI=1S/C26H23NO6S/c1-16-5-9-19(10-6-16)25(28)27(34(30,31)21-12-7-17(2)8-13-21)20-11-14-23-22(15-20)24(18(3)33-23)26(29)32-4/h5-15H,1-4H3. The first-order valence-corrected chi connectivity index (χ1v) is 11.9. The van der Waals surface area contributed by atoms with E-state index in [-0.39, 0.29) is 21.7 Å². The maximum Gasteiger partial charge on any atom is 0.342 e. The Hall–Kier alpha value is -3.91. The lowest BCUT2D eigenvalue weighted by Crippen LogP contribution is -2.37. The summed E-state index contributed by atoms with van der Waals surface area (Å²) in [7, 11) is -3.04. The van der Waals surface area contributed by atoms with E-state index in [1.54, 1.807) is 43.3 Å². The van der Waals surface area contributed by atoms with Crippen LogP contribution in [0.1, 0.15) is 37.6 Å². The zero-order valence-corrected chi connectivity index (χ0v) is 20.0. The first kappa shape index (κ1) is 23.3. The van der Waals surface area contributed by atoms with E-state index in [0.29, 0.717) is 16.7 Å². The molecule has 0 spiro atoms. The molecule has 3 aromatic carbocycles. The number of carbonyl (C=O) groups excluding carboxylic acids is 2. The number of aryl methyl sites for hydroxylation is 3. The predicted molar refractivity (Wildman–Crippen MR) is 129 cm³/mol. The molecule has 34 heavy (non-hydrogen) atoms. The van der Waals surface area contributed by atoms with Crippen molar-refractivity contribution >= 4 is 38.6 Å². The maximum absolute atomic E-state index is 13.7. The van der Waals surface area contributed by atoms with Crippen molar-refractivity contribution in [1.82, 2.24) is 0 Å². The number of carbonyl (C=O) groups is 2.